The molecule has 2 unspecified atom stereocenters. The van der Waals surface area contributed by atoms with Crippen molar-refractivity contribution in [2.45, 2.75) is 37.8 Å². The molecule has 0 aromatic heterocycles. The molecule has 0 amide bonds. The molecule has 90 valence electrons. The molecule has 0 N–H and O–H groups in total. The molecule has 16 heavy (non-hydrogen) atoms. The summed E-state index contributed by atoms with van der Waals surface area (Å²) in [5.41, 5.74) is 1.16. The summed E-state index contributed by atoms with van der Waals surface area (Å²) in [5.74, 6) is 0. The summed E-state index contributed by atoms with van der Waals surface area (Å²) in [7, 11) is 0. The molecule has 0 bridgehead atoms. The predicted molar refractivity (Wildman–Crippen MR) is 69.5 cm³/mol. The monoisotopic (exact) mass is 352 g/mol. The van der Waals surface area contributed by atoms with Crippen LogP contribution in [0.25, 0.3) is 0 Å². The van der Waals surface area contributed by atoms with E-state index in [1.807, 2.05) is 0 Å². The molecule has 0 aromatic rings. The van der Waals surface area contributed by atoms with Crippen molar-refractivity contribution >= 4 is 31.9 Å². The zero-order valence-electron chi connectivity index (χ0n) is 8.86. The summed E-state index contributed by atoms with van der Waals surface area (Å²) >= 11 is 6.58. The van der Waals surface area contributed by atoms with E-state index in [2.05, 4.69) is 31.9 Å². The van der Waals surface area contributed by atoms with E-state index in [1.54, 1.807) is 0 Å². The number of hydrogen-bond acceptors (Lipinski definition) is 3. The Bertz CT molecular complexity index is 333. The highest BCUT2D eigenvalue weighted by Gasteiger charge is 2.45. The van der Waals surface area contributed by atoms with Crippen molar-refractivity contribution in [1.29, 1.82) is 0 Å². The Kier molecular flexibility index (Phi) is 4.02. The summed E-state index contributed by atoms with van der Waals surface area (Å²) in [6, 6.07) is -0.303. The Morgan fingerprint density at radius 1 is 1.31 bits per heavy atom. The SMILES string of the molecule is O=[N+]1C(CBr)=C(CBr)N([O-])C2CCCCC21. The van der Waals surface area contributed by atoms with E-state index in [-0.39, 0.29) is 12.1 Å². The van der Waals surface area contributed by atoms with Gasteiger partial charge in [0.15, 0.2) is 0 Å². The van der Waals surface area contributed by atoms with Crippen LogP contribution in [0, 0.1) is 10.1 Å². The van der Waals surface area contributed by atoms with Gasteiger partial charge in [0.1, 0.15) is 0 Å². The third-order valence-electron chi connectivity index (χ3n) is 3.41. The van der Waals surface area contributed by atoms with Crippen LogP contribution in [0.2, 0.25) is 0 Å². The van der Waals surface area contributed by atoms with Crippen molar-refractivity contribution in [3.8, 4) is 0 Å². The van der Waals surface area contributed by atoms with E-state index in [0.717, 1.165) is 35.5 Å². The van der Waals surface area contributed by atoms with Crippen molar-refractivity contribution in [1.82, 2.24) is 5.06 Å². The first-order valence-corrected chi connectivity index (χ1v) is 7.71. The zero-order valence-corrected chi connectivity index (χ0v) is 12.0. The highest BCUT2D eigenvalue weighted by molar-refractivity contribution is 9.09. The van der Waals surface area contributed by atoms with Gasteiger partial charge in [-0.25, -0.2) is 0 Å². The Labute approximate surface area is 111 Å². The average Bonchev–Trinajstić information content (AvgIpc) is 2.33. The van der Waals surface area contributed by atoms with Crippen molar-refractivity contribution in [2.24, 2.45) is 0 Å². The quantitative estimate of drug-likeness (QED) is 0.566. The lowest BCUT2D eigenvalue weighted by Crippen LogP contribution is -2.52. The second-order valence-corrected chi connectivity index (χ2v) is 5.35. The van der Waals surface area contributed by atoms with Crippen molar-refractivity contribution in [3.05, 3.63) is 21.5 Å². The van der Waals surface area contributed by atoms with Gasteiger partial charge < -0.3 is 10.3 Å². The van der Waals surface area contributed by atoms with Crippen LogP contribution in [-0.2, 0) is 0 Å². The maximum atomic E-state index is 12.1. The van der Waals surface area contributed by atoms with E-state index in [4.69, 9.17) is 0 Å². The molecule has 0 saturated heterocycles. The Morgan fingerprint density at radius 3 is 2.62 bits per heavy atom. The van der Waals surface area contributed by atoms with Gasteiger partial charge in [0, 0.05) is 21.4 Å². The number of rotatable bonds is 2. The van der Waals surface area contributed by atoms with Gasteiger partial charge in [-0.3, -0.25) is 0 Å². The molecule has 4 nitrogen and oxygen atoms in total. The summed E-state index contributed by atoms with van der Waals surface area (Å²) < 4.78 is 1.06. The lowest BCUT2D eigenvalue weighted by molar-refractivity contribution is -0.556. The maximum absolute atomic E-state index is 12.1. The molecule has 1 fully saturated rings. The predicted octanol–water partition coefficient (Wildman–Crippen LogP) is 2.89. The molecular weight excluding hydrogens is 340 g/mol. The summed E-state index contributed by atoms with van der Waals surface area (Å²) in [5, 5.41) is 14.1. The van der Waals surface area contributed by atoms with Crippen LogP contribution in [0.4, 0.5) is 0 Å². The van der Waals surface area contributed by atoms with Crippen LogP contribution in [0.1, 0.15) is 25.7 Å². The highest BCUT2D eigenvalue weighted by Crippen LogP contribution is 2.34. The molecular formula is C10H14Br2N2O2. The number of nitrogens with zero attached hydrogens (tertiary/aromatic N) is 2. The molecule has 1 heterocycles. The number of hydrogen-bond donors (Lipinski definition) is 0. The number of alkyl halides is 2. The fourth-order valence-electron chi connectivity index (χ4n) is 2.57. The van der Waals surface area contributed by atoms with Gasteiger partial charge >= 0.3 is 0 Å². The molecule has 1 saturated carbocycles. The third kappa shape index (κ3) is 1.95. The van der Waals surface area contributed by atoms with Gasteiger partial charge in [-0.05, 0) is 12.8 Å². The van der Waals surface area contributed by atoms with E-state index < -0.39 is 0 Å². The van der Waals surface area contributed by atoms with E-state index >= 15 is 0 Å². The Hall–Kier alpha value is 0.0600. The summed E-state index contributed by atoms with van der Waals surface area (Å²) in [6.07, 6.45) is 3.76. The average molecular weight is 354 g/mol. The molecule has 1 aliphatic carbocycles. The number of halogens is 2. The normalized spacial score (nSPS) is 30.7. The molecule has 0 spiro atoms. The fraction of sp³-hybridized carbons (Fsp3) is 0.800. The van der Waals surface area contributed by atoms with Gasteiger partial charge in [-0.1, -0.05) is 38.3 Å². The Morgan fingerprint density at radius 2 is 2.00 bits per heavy atom. The second kappa shape index (κ2) is 5.14. The van der Waals surface area contributed by atoms with Crippen LogP contribution >= 0.6 is 31.9 Å². The number of nitroso groups, excluding NO2 is 1. The first-order valence-electron chi connectivity index (χ1n) is 5.47. The first kappa shape index (κ1) is 12.5. The van der Waals surface area contributed by atoms with E-state index in [1.165, 1.54) is 0 Å². The smallest absolute Gasteiger partial charge is 0.262 e. The van der Waals surface area contributed by atoms with Crippen molar-refractivity contribution in [3.63, 3.8) is 0 Å². The van der Waals surface area contributed by atoms with Gasteiger partial charge in [-0.2, -0.15) is 0 Å². The standard InChI is InChI=1S/C10H14Br2N2O2/c11-5-9-10(6-12)14(16)8-4-2-1-3-7(8)13(9)15/h7-8H,1-6H2. The summed E-state index contributed by atoms with van der Waals surface area (Å²) in [4.78, 5) is 12.1. The molecule has 2 atom stereocenters. The second-order valence-electron chi connectivity index (χ2n) is 4.23. The zero-order chi connectivity index (χ0) is 11.7. The van der Waals surface area contributed by atoms with Crippen LogP contribution < -0.4 is 0 Å². The maximum Gasteiger partial charge on any atom is 0.262 e. The highest BCUT2D eigenvalue weighted by atomic mass is 79.9. The molecule has 0 aromatic carbocycles. The van der Waals surface area contributed by atoms with Crippen LogP contribution in [0.3, 0.4) is 0 Å². The molecule has 0 radical (unpaired) electrons. The molecule has 1 aliphatic heterocycles. The van der Waals surface area contributed by atoms with Crippen LogP contribution in [-0.4, -0.2) is 32.6 Å². The Balaban J connectivity index is 2.37. The largest absolute Gasteiger partial charge is 0.758 e. The molecule has 2 aliphatic rings. The van der Waals surface area contributed by atoms with Crippen molar-refractivity contribution < 1.29 is 4.76 Å². The molecule has 6 heteroatoms. The van der Waals surface area contributed by atoms with Crippen molar-refractivity contribution in [2.75, 3.05) is 10.7 Å². The topological polar surface area (TPSA) is 46.4 Å². The first-order chi connectivity index (χ1) is 7.70. The number of allylic oxidation sites excluding steroid dienone is 2. The minimum absolute atomic E-state index is 0.151. The molecule has 2 rings (SSSR count). The van der Waals surface area contributed by atoms with Gasteiger partial charge in [0.2, 0.25) is 6.04 Å². The third-order valence-corrected chi connectivity index (χ3v) is 4.48. The van der Waals surface area contributed by atoms with Crippen LogP contribution in [0.15, 0.2) is 11.4 Å². The lowest BCUT2D eigenvalue weighted by Gasteiger charge is -2.45. The minimum atomic E-state index is -0.151. The van der Waals surface area contributed by atoms with Crippen LogP contribution in [0.5, 0.6) is 0 Å². The van der Waals surface area contributed by atoms with Gasteiger partial charge in [-0.15, -0.1) is 0 Å². The van der Waals surface area contributed by atoms with Gasteiger partial charge in [0.05, 0.1) is 17.1 Å². The summed E-state index contributed by atoms with van der Waals surface area (Å²) in [6.45, 7) is 0. The number of fused-ring (bicyclic) bond motifs is 1. The number of hydroxylamine groups is 2. The van der Waals surface area contributed by atoms with Gasteiger partial charge in [0.25, 0.3) is 5.70 Å². The van der Waals surface area contributed by atoms with E-state index in [9.17, 15) is 10.1 Å². The van der Waals surface area contributed by atoms with E-state index in [0.29, 0.717) is 22.1 Å². The minimum Gasteiger partial charge on any atom is -0.758 e. The lowest BCUT2D eigenvalue weighted by atomic mass is 9.88. The fourth-order valence-corrected chi connectivity index (χ4v) is 3.71.